The fraction of sp³-hybridized carbons (Fsp3) is 0.240. The fourth-order valence-corrected chi connectivity index (χ4v) is 5.27. The molecule has 0 fully saturated rings. The molecule has 7 heteroatoms. The van der Waals surface area contributed by atoms with E-state index in [0.29, 0.717) is 21.9 Å². The molecule has 1 aliphatic carbocycles. The van der Waals surface area contributed by atoms with Gasteiger partial charge in [-0.25, -0.2) is 9.97 Å². The predicted octanol–water partition coefficient (Wildman–Crippen LogP) is 5.82. The molecule has 0 bridgehead atoms. The molecular weight excluding hydrogens is 484 g/mol. The number of aromatic amines is 1. The van der Waals surface area contributed by atoms with Crippen molar-refractivity contribution in [3.63, 3.8) is 0 Å². The molecule has 0 spiro atoms. The van der Waals surface area contributed by atoms with Gasteiger partial charge in [0.05, 0.1) is 4.47 Å². The Labute approximate surface area is 199 Å². The summed E-state index contributed by atoms with van der Waals surface area (Å²) in [6.07, 6.45) is 6.40. The van der Waals surface area contributed by atoms with E-state index in [4.69, 9.17) is 0 Å². The number of hydrogen-bond acceptors (Lipinski definition) is 4. The second kappa shape index (κ2) is 9.46. The largest absolute Gasteiger partial charge is 0.358 e. The molecule has 2 aromatic carbocycles. The van der Waals surface area contributed by atoms with Crippen LogP contribution in [-0.2, 0) is 25.1 Å². The van der Waals surface area contributed by atoms with Crippen LogP contribution in [0.1, 0.15) is 45.7 Å². The molecule has 0 unspecified atom stereocenters. The summed E-state index contributed by atoms with van der Waals surface area (Å²) >= 11 is 4.94. The molecule has 5 nitrogen and oxygen atoms in total. The lowest BCUT2D eigenvalue weighted by atomic mass is 9.95. The van der Waals surface area contributed by atoms with Crippen LogP contribution in [0.25, 0.3) is 10.9 Å². The van der Waals surface area contributed by atoms with Gasteiger partial charge in [0.15, 0.2) is 5.16 Å². The Morgan fingerprint density at radius 1 is 1.09 bits per heavy atom. The Bertz CT molecular complexity index is 1270. The van der Waals surface area contributed by atoms with Crippen LogP contribution in [0.2, 0.25) is 0 Å². The molecule has 0 aliphatic heterocycles. The van der Waals surface area contributed by atoms with Crippen LogP contribution in [0.3, 0.4) is 0 Å². The van der Waals surface area contributed by atoms with Crippen LogP contribution in [0, 0.1) is 0 Å². The molecule has 4 aromatic rings. The number of fused-ring (bicyclic) bond motifs is 3. The number of carbonyl (C=O) groups excluding carboxylic acids is 1. The van der Waals surface area contributed by atoms with Crippen LogP contribution in [0.5, 0.6) is 0 Å². The van der Waals surface area contributed by atoms with Gasteiger partial charge in [-0.2, -0.15) is 0 Å². The van der Waals surface area contributed by atoms with Gasteiger partial charge >= 0.3 is 0 Å². The van der Waals surface area contributed by atoms with Gasteiger partial charge < -0.3 is 10.3 Å². The monoisotopic (exact) mass is 506 g/mol. The van der Waals surface area contributed by atoms with E-state index in [1.165, 1.54) is 52.3 Å². The van der Waals surface area contributed by atoms with Gasteiger partial charge in [-0.3, -0.25) is 4.79 Å². The minimum Gasteiger partial charge on any atom is -0.358 e. The first kappa shape index (κ1) is 21.2. The number of aryl methyl sites for hydroxylation is 2. The van der Waals surface area contributed by atoms with Gasteiger partial charge in [0, 0.05) is 35.1 Å². The van der Waals surface area contributed by atoms with Crippen molar-refractivity contribution < 1.29 is 4.79 Å². The molecule has 0 saturated carbocycles. The van der Waals surface area contributed by atoms with Crippen molar-refractivity contribution in [1.82, 2.24) is 20.3 Å². The zero-order valence-electron chi connectivity index (χ0n) is 17.5. The molecule has 2 N–H and O–H groups in total. The average molecular weight is 507 g/mol. The Hall–Kier alpha value is -2.64. The number of nitrogens with zero attached hydrogens (tertiary/aromatic N) is 2. The summed E-state index contributed by atoms with van der Waals surface area (Å²) in [5, 5.41) is 4.89. The summed E-state index contributed by atoms with van der Waals surface area (Å²) in [5.41, 5.74) is 6.64. The van der Waals surface area contributed by atoms with Crippen molar-refractivity contribution in [2.24, 2.45) is 0 Å². The average Bonchev–Trinajstić information content (AvgIpc) is 3.20. The molecule has 0 atom stereocenters. The quantitative estimate of drug-likeness (QED) is 0.255. The minimum absolute atomic E-state index is 0.211. The SMILES string of the molecule is O=C(NCc1ccc2[nH]c3c(c2c1)CCCC3)c1nc(SCc2ccccc2)ncc1Br. The second-order valence-corrected chi connectivity index (χ2v) is 9.77. The van der Waals surface area contributed by atoms with Crippen molar-refractivity contribution in [3.8, 4) is 0 Å². The van der Waals surface area contributed by atoms with E-state index in [1.807, 2.05) is 18.2 Å². The van der Waals surface area contributed by atoms with Crippen LogP contribution >= 0.6 is 27.7 Å². The molecule has 1 amide bonds. The number of nitrogens with one attached hydrogen (secondary N) is 2. The van der Waals surface area contributed by atoms with E-state index in [0.717, 1.165) is 24.2 Å². The molecule has 1 aliphatic rings. The van der Waals surface area contributed by atoms with Crippen molar-refractivity contribution in [2.45, 2.75) is 43.1 Å². The normalized spacial score (nSPS) is 13.2. The summed E-state index contributed by atoms with van der Waals surface area (Å²) in [5.74, 6) is 0.543. The third kappa shape index (κ3) is 4.59. The highest BCUT2D eigenvalue weighted by molar-refractivity contribution is 9.10. The Morgan fingerprint density at radius 2 is 1.94 bits per heavy atom. The predicted molar refractivity (Wildman–Crippen MR) is 132 cm³/mol. The molecule has 2 heterocycles. The summed E-state index contributed by atoms with van der Waals surface area (Å²) in [6.45, 7) is 0.456. The van der Waals surface area contributed by atoms with Gasteiger partial charge in [0.1, 0.15) is 5.69 Å². The zero-order chi connectivity index (χ0) is 21.9. The number of thioether (sulfide) groups is 1. The zero-order valence-corrected chi connectivity index (χ0v) is 19.9. The standard InChI is InChI=1S/C25H23BrN4OS/c26-20-14-28-25(32-15-16-6-2-1-3-7-16)30-23(20)24(31)27-13-17-10-11-22-19(12-17)18-8-4-5-9-21(18)29-22/h1-3,6-7,10-12,14,29H,4-5,8-9,13,15H2,(H,27,31). The van der Waals surface area contributed by atoms with Crippen LogP contribution in [0.4, 0.5) is 0 Å². The Balaban J connectivity index is 1.27. The maximum Gasteiger partial charge on any atom is 0.271 e. The number of H-pyrrole nitrogens is 1. The lowest BCUT2D eigenvalue weighted by molar-refractivity contribution is 0.0944. The number of amides is 1. The van der Waals surface area contributed by atoms with E-state index < -0.39 is 0 Å². The number of aromatic nitrogens is 3. The molecule has 32 heavy (non-hydrogen) atoms. The lowest BCUT2D eigenvalue weighted by Crippen LogP contribution is -2.24. The highest BCUT2D eigenvalue weighted by Crippen LogP contribution is 2.30. The molecule has 2 aromatic heterocycles. The molecular formula is C25H23BrN4OS. The topological polar surface area (TPSA) is 70.7 Å². The Morgan fingerprint density at radius 3 is 2.81 bits per heavy atom. The maximum atomic E-state index is 12.9. The number of halogens is 1. The molecule has 162 valence electrons. The first-order chi connectivity index (χ1) is 15.7. The van der Waals surface area contributed by atoms with E-state index in [1.54, 1.807) is 6.20 Å². The van der Waals surface area contributed by atoms with E-state index in [9.17, 15) is 4.79 Å². The third-order valence-electron chi connectivity index (χ3n) is 5.76. The molecule has 0 radical (unpaired) electrons. The van der Waals surface area contributed by atoms with E-state index >= 15 is 0 Å². The molecule has 0 saturated heterocycles. The van der Waals surface area contributed by atoms with Crippen molar-refractivity contribution in [1.29, 1.82) is 0 Å². The smallest absolute Gasteiger partial charge is 0.271 e. The van der Waals surface area contributed by atoms with Crippen molar-refractivity contribution in [2.75, 3.05) is 0 Å². The third-order valence-corrected chi connectivity index (χ3v) is 7.28. The summed E-state index contributed by atoms with van der Waals surface area (Å²) in [7, 11) is 0. The highest BCUT2D eigenvalue weighted by Gasteiger charge is 2.17. The second-order valence-electron chi connectivity index (χ2n) is 7.98. The number of rotatable bonds is 6. The molecule has 5 rings (SSSR count). The highest BCUT2D eigenvalue weighted by atomic mass is 79.9. The van der Waals surface area contributed by atoms with Crippen LogP contribution in [-0.4, -0.2) is 20.9 Å². The lowest BCUT2D eigenvalue weighted by Gasteiger charge is -2.11. The number of carbonyl (C=O) groups is 1. The van der Waals surface area contributed by atoms with Gasteiger partial charge in [-0.05, 0) is 70.4 Å². The van der Waals surface area contributed by atoms with Gasteiger partial charge in [0.2, 0.25) is 0 Å². The maximum absolute atomic E-state index is 12.9. The number of hydrogen-bond donors (Lipinski definition) is 2. The Kier molecular flexibility index (Phi) is 6.28. The van der Waals surface area contributed by atoms with E-state index in [-0.39, 0.29) is 5.91 Å². The fourth-order valence-electron chi connectivity index (χ4n) is 4.13. The first-order valence-corrected chi connectivity index (χ1v) is 12.5. The van der Waals surface area contributed by atoms with E-state index in [2.05, 4.69) is 66.5 Å². The van der Waals surface area contributed by atoms with Crippen LogP contribution < -0.4 is 5.32 Å². The van der Waals surface area contributed by atoms with Gasteiger partial charge in [-0.1, -0.05) is 48.2 Å². The van der Waals surface area contributed by atoms with Gasteiger partial charge in [-0.15, -0.1) is 0 Å². The minimum atomic E-state index is -0.211. The van der Waals surface area contributed by atoms with Crippen LogP contribution in [0.15, 0.2) is 64.4 Å². The summed E-state index contributed by atoms with van der Waals surface area (Å²) in [4.78, 5) is 25.3. The summed E-state index contributed by atoms with van der Waals surface area (Å²) < 4.78 is 0.592. The number of benzene rings is 2. The summed E-state index contributed by atoms with van der Waals surface area (Å²) in [6, 6.07) is 16.5. The van der Waals surface area contributed by atoms with Crippen molar-refractivity contribution >= 4 is 44.5 Å². The first-order valence-electron chi connectivity index (χ1n) is 10.8. The van der Waals surface area contributed by atoms with Gasteiger partial charge in [0.25, 0.3) is 5.91 Å². The van der Waals surface area contributed by atoms with Crippen molar-refractivity contribution in [3.05, 3.63) is 87.3 Å².